The molecule has 0 aliphatic heterocycles. The number of hydrogen-bond acceptors (Lipinski definition) is 14. The SMILES string of the molecule is COc1cc(OCCO)c(F)c([C@@H](Nc2ccc(C(=N)NC(=O)c3ccccc3)cc2)c2nc(OC(C)OC(=O)O[C@H]3CCCC[C@@H]3F)n(-c3ncccn3)n2)c1. The Labute approximate surface area is 325 Å². The lowest BCUT2D eigenvalue weighted by atomic mass is 9.96. The van der Waals surface area contributed by atoms with Crippen LogP contribution in [-0.4, -0.2) is 86.6 Å². The summed E-state index contributed by atoms with van der Waals surface area (Å²) in [5, 5.41) is 28.2. The van der Waals surface area contributed by atoms with E-state index in [0.717, 1.165) is 4.68 Å². The molecule has 1 saturated carbocycles. The Kier molecular flexibility index (Phi) is 13.2. The maximum absolute atomic E-state index is 16.4. The van der Waals surface area contributed by atoms with Crippen LogP contribution in [0.15, 0.2) is 85.2 Å². The smallest absolute Gasteiger partial charge is 0.497 e. The summed E-state index contributed by atoms with van der Waals surface area (Å²) < 4.78 is 59.2. The fraction of sp³-hybridized carbons (Fsp3) is 0.308. The van der Waals surface area contributed by atoms with Gasteiger partial charge in [0.15, 0.2) is 17.4 Å². The zero-order chi connectivity index (χ0) is 40.3. The van der Waals surface area contributed by atoms with E-state index in [-0.39, 0.29) is 60.3 Å². The molecule has 5 aromatic rings. The molecule has 0 spiro atoms. The van der Waals surface area contributed by atoms with Gasteiger partial charge in [0.25, 0.3) is 11.9 Å². The van der Waals surface area contributed by atoms with Crippen molar-refractivity contribution in [1.82, 2.24) is 30.0 Å². The largest absolute Gasteiger partial charge is 0.511 e. The Morgan fingerprint density at radius 1 is 1.02 bits per heavy atom. The number of benzene rings is 3. The van der Waals surface area contributed by atoms with Gasteiger partial charge in [-0.1, -0.05) is 24.6 Å². The van der Waals surface area contributed by atoms with Gasteiger partial charge in [0.2, 0.25) is 6.29 Å². The highest BCUT2D eigenvalue weighted by Crippen LogP contribution is 2.36. The first kappa shape index (κ1) is 40.0. The molecule has 1 fully saturated rings. The van der Waals surface area contributed by atoms with Crippen molar-refractivity contribution in [3.8, 4) is 23.5 Å². The Balaban J connectivity index is 1.33. The van der Waals surface area contributed by atoms with Gasteiger partial charge in [-0.3, -0.25) is 10.2 Å². The molecule has 0 saturated heterocycles. The average Bonchev–Trinajstić information content (AvgIpc) is 3.64. The maximum Gasteiger partial charge on any atom is 0.511 e. The number of anilines is 1. The Hall–Kier alpha value is -6.69. The number of aromatic nitrogens is 5. The molecule has 1 aliphatic carbocycles. The molecule has 16 nitrogen and oxygen atoms in total. The normalized spacial score (nSPS) is 16.1. The quantitative estimate of drug-likeness (QED) is 0.0436. The number of alkyl halides is 1. The topological polar surface area (TPSA) is 205 Å². The average molecular weight is 787 g/mol. The van der Waals surface area contributed by atoms with Gasteiger partial charge in [0.05, 0.1) is 13.7 Å². The summed E-state index contributed by atoms with van der Waals surface area (Å²) in [6, 6.07) is 17.7. The fourth-order valence-corrected chi connectivity index (χ4v) is 5.90. The number of nitrogens with one attached hydrogen (secondary N) is 3. The van der Waals surface area contributed by atoms with E-state index in [4.69, 9.17) is 29.1 Å². The minimum absolute atomic E-state index is 0.000695. The summed E-state index contributed by atoms with van der Waals surface area (Å²) in [5.74, 6) is -1.52. The van der Waals surface area contributed by atoms with Gasteiger partial charge in [0, 0.05) is 47.8 Å². The van der Waals surface area contributed by atoms with Crippen LogP contribution >= 0.6 is 0 Å². The van der Waals surface area contributed by atoms with Gasteiger partial charge < -0.3 is 39.4 Å². The predicted octanol–water partition coefficient (Wildman–Crippen LogP) is 5.69. The lowest BCUT2D eigenvalue weighted by Crippen LogP contribution is -2.33. The minimum Gasteiger partial charge on any atom is -0.497 e. The molecule has 0 radical (unpaired) electrons. The van der Waals surface area contributed by atoms with E-state index in [2.05, 4.69) is 30.7 Å². The van der Waals surface area contributed by atoms with Gasteiger partial charge in [-0.15, -0.1) is 9.78 Å². The van der Waals surface area contributed by atoms with Gasteiger partial charge in [-0.2, -0.15) is 4.98 Å². The van der Waals surface area contributed by atoms with Gasteiger partial charge in [-0.25, -0.2) is 23.5 Å². The number of carbonyl (C=O) groups excluding carboxylic acids is 2. The zero-order valence-electron chi connectivity index (χ0n) is 30.9. The molecule has 4 atom stereocenters. The highest BCUT2D eigenvalue weighted by atomic mass is 19.1. The second kappa shape index (κ2) is 18.8. The number of hydrogen-bond donors (Lipinski definition) is 4. The highest BCUT2D eigenvalue weighted by Gasteiger charge is 2.32. The van der Waals surface area contributed by atoms with Crippen molar-refractivity contribution in [2.75, 3.05) is 25.6 Å². The molecule has 2 aromatic heterocycles. The highest BCUT2D eigenvalue weighted by molar-refractivity contribution is 6.11. The number of carbonyl (C=O) groups is 2. The first-order valence-electron chi connectivity index (χ1n) is 18.0. The standard InChI is InChI=1S/C39H40F2N8O8/c1-23(56-39(52)57-30-12-7-6-11-29(30)40)55-38-47-35(48-49(38)37-43-17-8-18-44-37)33(28-21-27(53-2)22-31(32(28)41)54-20-19-50)45-26-15-13-24(14-16-26)34(42)46-36(51)25-9-4-3-5-10-25/h3-5,8-10,13-18,21-23,29-30,33,45,50H,6-7,11-12,19-20H2,1-2H3,(H2,42,46,51)/t23?,29-,30-,33+/m0/s1. The number of aliphatic hydroxyl groups excluding tert-OH is 1. The van der Waals surface area contributed by atoms with Crippen LogP contribution in [0.4, 0.5) is 19.3 Å². The van der Waals surface area contributed by atoms with E-state index in [0.29, 0.717) is 36.1 Å². The Bertz CT molecular complexity index is 2140. The number of methoxy groups -OCH3 is 1. The van der Waals surface area contributed by atoms with Crippen molar-refractivity contribution in [3.63, 3.8) is 0 Å². The zero-order valence-corrected chi connectivity index (χ0v) is 30.9. The molecule has 0 bridgehead atoms. The molecule has 6 rings (SSSR count). The Morgan fingerprint density at radius 2 is 1.75 bits per heavy atom. The Morgan fingerprint density at radius 3 is 2.46 bits per heavy atom. The van der Waals surface area contributed by atoms with Crippen molar-refractivity contribution in [1.29, 1.82) is 5.41 Å². The third-order valence-electron chi connectivity index (χ3n) is 8.69. The summed E-state index contributed by atoms with van der Waals surface area (Å²) in [7, 11) is 1.39. The van der Waals surface area contributed by atoms with Gasteiger partial charge in [0.1, 0.15) is 36.5 Å². The first-order valence-corrected chi connectivity index (χ1v) is 18.0. The monoisotopic (exact) mass is 786 g/mol. The first-order chi connectivity index (χ1) is 27.6. The van der Waals surface area contributed by atoms with Crippen LogP contribution in [-0.2, 0) is 9.47 Å². The van der Waals surface area contributed by atoms with Crippen LogP contribution < -0.4 is 24.8 Å². The number of amidine groups is 1. The van der Waals surface area contributed by atoms with Crippen LogP contribution in [0.1, 0.15) is 66.0 Å². The van der Waals surface area contributed by atoms with Crippen LogP contribution in [0.25, 0.3) is 5.95 Å². The van der Waals surface area contributed by atoms with Crippen molar-refractivity contribution in [2.45, 2.75) is 57.2 Å². The lowest BCUT2D eigenvalue weighted by Gasteiger charge is -2.25. The van der Waals surface area contributed by atoms with Crippen molar-refractivity contribution >= 4 is 23.6 Å². The maximum atomic E-state index is 16.4. The summed E-state index contributed by atoms with van der Waals surface area (Å²) in [6.07, 6.45) is 0.263. The van der Waals surface area contributed by atoms with E-state index < -0.39 is 42.5 Å². The van der Waals surface area contributed by atoms with Crippen LogP contribution in [0.2, 0.25) is 0 Å². The molecule has 2 heterocycles. The molecule has 1 unspecified atom stereocenters. The molecule has 18 heteroatoms. The van der Waals surface area contributed by atoms with Crippen LogP contribution in [0.5, 0.6) is 17.5 Å². The third-order valence-corrected chi connectivity index (χ3v) is 8.69. The summed E-state index contributed by atoms with van der Waals surface area (Å²) in [5.41, 5.74) is 1.13. The van der Waals surface area contributed by atoms with Crippen molar-refractivity contribution in [2.24, 2.45) is 0 Å². The third kappa shape index (κ3) is 10.1. The molecular weight excluding hydrogens is 746 g/mol. The molecule has 57 heavy (non-hydrogen) atoms. The van der Waals surface area contributed by atoms with E-state index in [1.165, 1.54) is 38.6 Å². The van der Waals surface area contributed by atoms with Gasteiger partial charge in [-0.05, 0) is 67.8 Å². The van der Waals surface area contributed by atoms with Gasteiger partial charge >= 0.3 is 12.2 Å². The number of halogens is 2. The molecule has 3 aromatic carbocycles. The van der Waals surface area contributed by atoms with Crippen molar-refractivity contribution in [3.05, 3.63) is 114 Å². The minimum atomic E-state index is -1.33. The molecule has 1 aliphatic rings. The predicted molar refractivity (Wildman–Crippen MR) is 200 cm³/mol. The van der Waals surface area contributed by atoms with Crippen molar-refractivity contribution < 1.29 is 47.2 Å². The molecule has 298 valence electrons. The second-order valence-corrected chi connectivity index (χ2v) is 12.7. The van der Waals surface area contributed by atoms with E-state index >= 15 is 4.39 Å². The van der Waals surface area contributed by atoms with E-state index in [9.17, 15) is 19.1 Å². The number of nitrogens with zero attached hydrogens (tertiary/aromatic N) is 5. The number of amides is 1. The summed E-state index contributed by atoms with van der Waals surface area (Å²) in [4.78, 5) is 38.3. The second-order valence-electron chi connectivity index (χ2n) is 12.7. The van der Waals surface area contributed by atoms with Crippen LogP contribution in [0.3, 0.4) is 0 Å². The molecule has 1 amide bonds. The van der Waals surface area contributed by atoms with Crippen LogP contribution in [0, 0.1) is 11.2 Å². The number of ether oxygens (including phenoxy) is 5. The van der Waals surface area contributed by atoms with E-state index in [1.807, 2.05) is 0 Å². The summed E-state index contributed by atoms with van der Waals surface area (Å²) in [6.45, 7) is 0.801. The summed E-state index contributed by atoms with van der Waals surface area (Å²) >= 11 is 0. The lowest BCUT2D eigenvalue weighted by molar-refractivity contribution is -0.0829. The fourth-order valence-electron chi connectivity index (χ4n) is 5.90. The number of rotatable bonds is 15. The van der Waals surface area contributed by atoms with E-state index in [1.54, 1.807) is 60.7 Å². The number of aliphatic hydroxyl groups is 1. The molecule has 4 N–H and O–H groups in total. The molecular formula is C39H40F2N8O8.